The minimum absolute atomic E-state index is 0.111. The Bertz CT molecular complexity index is 497. The summed E-state index contributed by atoms with van der Waals surface area (Å²) in [7, 11) is 4.19. The Kier molecular flexibility index (Phi) is 4.95. The molecule has 0 radical (unpaired) electrons. The number of anilines is 1. The van der Waals surface area contributed by atoms with Gasteiger partial charge in [0, 0.05) is 42.8 Å². The van der Waals surface area contributed by atoms with Crippen molar-refractivity contribution in [3.63, 3.8) is 0 Å². The topological polar surface area (TPSA) is 61.6 Å². The van der Waals surface area contributed by atoms with Crippen molar-refractivity contribution in [2.75, 3.05) is 45.6 Å². The second-order valence-electron chi connectivity index (χ2n) is 5.20. The summed E-state index contributed by atoms with van der Waals surface area (Å²) in [5.74, 6) is 0. The fraction of sp³-hybridized carbons (Fsp3) is 0.538. The zero-order valence-corrected chi connectivity index (χ0v) is 13.3. The molecule has 1 aromatic carbocycles. The largest absolute Gasteiger partial charge is 0.378 e. The normalized spacial score (nSPS) is 20.9. The molecule has 1 saturated heterocycles. The van der Waals surface area contributed by atoms with Gasteiger partial charge in [-0.1, -0.05) is 15.9 Å². The lowest BCUT2D eigenvalue weighted by molar-refractivity contribution is -0.384. The molecule has 0 bridgehead atoms. The van der Waals surface area contributed by atoms with Gasteiger partial charge in [0.1, 0.15) is 5.69 Å². The first-order valence-electron chi connectivity index (χ1n) is 6.54. The molecule has 0 amide bonds. The first-order valence-corrected chi connectivity index (χ1v) is 7.33. The van der Waals surface area contributed by atoms with E-state index in [0.29, 0.717) is 18.3 Å². The lowest BCUT2D eigenvalue weighted by atomic mass is 10.1. The molecule has 0 aliphatic carbocycles. The van der Waals surface area contributed by atoms with Gasteiger partial charge in [0.05, 0.1) is 4.92 Å². The fourth-order valence-electron chi connectivity index (χ4n) is 2.36. The minimum Gasteiger partial charge on any atom is -0.378 e. The standard InChI is InChI=1S/C13H19BrN4O2/c1-16-5-6-17(2)11(9-16)8-15-12-7-10(14)3-4-13(12)18(19)20/h3-4,7,11,15H,5-6,8-9H2,1-2H3. The number of piperazine rings is 1. The maximum Gasteiger partial charge on any atom is 0.292 e. The van der Waals surface area contributed by atoms with Gasteiger partial charge in [-0.25, -0.2) is 0 Å². The number of likely N-dealkylation sites (N-methyl/N-ethyl adjacent to an activating group) is 2. The van der Waals surface area contributed by atoms with Crippen LogP contribution in [-0.4, -0.2) is 61.0 Å². The molecular formula is C13H19BrN4O2. The van der Waals surface area contributed by atoms with Crippen molar-refractivity contribution in [2.45, 2.75) is 6.04 Å². The molecule has 1 fully saturated rings. The van der Waals surface area contributed by atoms with E-state index in [9.17, 15) is 10.1 Å². The molecule has 1 unspecified atom stereocenters. The smallest absolute Gasteiger partial charge is 0.292 e. The summed E-state index contributed by atoms with van der Waals surface area (Å²) in [6, 6.07) is 5.31. The molecule has 0 saturated carbocycles. The van der Waals surface area contributed by atoms with Crippen LogP contribution in [-0.2, 0) is 0 Å². The van der Waals surface area contributed by atoms with Crippen LogP contribution in [0.1, 0.15) is 0 Å². The molecule has 1 heterocycles. The molecule has 1 N–H and O–H groups in total. The van der Waals surface area contributed by atoms with E-state index in [1.54, 1.807) is 12.1 Å². The van der Waals surface area contributed by atoms with E-state index in [2.05, 4.69) is 45.1 Å². The Morgan fingerprint density at radius 3 is 2.90 bits per heavy atom. The lowest BCUT2D eigenvalue weighted by Crippen LogP contribution is -2.52. The van der Waals surface area contributed by atoms with Gasteiger partial charge in [0.2, 0.25) is 0 Å². The maximum atomic E-state index is 11.0. The van der Waals surface area contributed by atoms with Gasteiger partial charge in [0.25, 0.3) is 5.69 Å². The average Bonchev–Trinajstić information content (AvgIpc) is 2.39. The van der Waals surface area contributed by atoms with Gasteiger partial charge in [0.15, 0.2) is 0 Å². The van der Waals surface area contributed by atoms with E-state index in [1.165, 1.54) is 6.07 Å². The van der Waals surface area contributed by atoms with Crippen LogP contribution >= 0.6 is 15.9 Å². The van der Waals surface area contributed by atoms with Crippen molar-refractivity contribution >= 4 is 27.3 Å². The second-order valence-corrected chi connectivity index (χ2v) is 6.11. The number of nitrogens with one attached hydrogen (secondary N) is 1. The highest BCUT2D eigenvalue weighted by Gasteiger charge is 2.23. The summed E-state index contributed by atoms with van der Waals surface area (Å²) in [4.78, 5) is 15.2. The first-order chi connectivity index (χ1) is 9.47. The Hall–Kier alpha value is -1.18. The molecule has 110 valence electrons. The molecule has 1 aliphatic heterocycles. The third kappa shape index (κ3) is 3.68. The van der Waals surface area contributed by atoms with Crippen LogP contribution in [0, 0.1) is 10.1 Å². The van der Waals surface area contributed by atoms with Gasteiger partial charge in [-0.15, -0.1) is 0 Å². The summed E-state index contributed by atoms with van der Waals surface area (Å²) in [6.45, 7) is 3.73. The number of benzene rings is 1. The first kappa shape index (κ1) is 15.2. The molecule has 6 nitrogen and oxygen atoms in total. The highest BCUT2D eigenvalue weighted by molar-refractivity contribution is 9.10. The molecular weight excluding hydrogens is 324 g/mol. The quantitative estimate of drug-likeness (QED) is 0.669. The highest BCUT2D eigenvalue weighted by atomic mass is 79.9. The molecule has 20 heavy (non-hydrogen) atoms. The molecule has 7 heteroatoms. The second kappa shape index (κ2) is 6.51. The zero-order chi connectivity index (χ0) is 14.7. The molecule has 2 rings (SSSR count). The van der Waals surface area contributed by atoms with Gasteiger partial charge in [-0.05, 0) is 26.2 Å². The van der Waals surface area contributed by atoms with Crippen LogP contribution in [0.4, 0.5) is 11.4 Å². The van der Waals surface area contributed by atoms with E-state index in [4.69, 9.17) is 0 Å². The van der Waals surface area contributed by atoms with E-state index in [0.717, 1.165) is 24.1 Å². The van der Waals surface area contributed by atoms with Gasteiger partial charge < -0.3 is 10.2 Å². The zero-order valence-electron chi connectivity index (χ0n) is 11.7. The van der Waals surface area contributed by atoms with E-state index >= 15 is 0 Å². The molecule has 0 spiro atoms. The van der Waals surface area contributed by atoms with Crippen molar-refractivity contribution in [3.8, 4) is 0 Å². The molecule has 1 aliphatic rings. The Balaban J connectivity index is 2.06. The Morgan fingerprint density at radius 1 is 1.45 bits per heavy atom. The van der Waals surface area contributed by atoms with Crippen LogP contribution < -0.4 is 5.32 Å². The van der Waals surface area contributed by atoms with Crippen LogP contribution in [0.15, 0.2) is 22.7 Å². The number of nitro groups is 1. The number of hydrogen-bond donors (Lipinski definition) is 1. The summed E-state index contributed by atoms with van der Waals surface area (Å²) in [6.07, 6.45) is 0. The Morgan fingerprint density at radius 2 is 2.20 bits per heavy atom. The van der Waals surface area contributed by atoms with Crippen molar-refractivity contribution < 1.29 is 4.92 Å². The summed E-state index contributed by atoms with van der Waals surface area (Å²) >= 11 is 3.35. The number of nitrogens with zero attached hydrogens (tertiary/aromatic N) is 3. The van der Waals surface area contributed by atoms with Gasteiger partial charge in [-0.3, -0.25) is 15.0 Å². The van der Waals surface area contributed by atoms with Crippen LogP contribution in [0.2, 0.25) is 0 Å². The lowest BCUT2D eigenvalue weighted by Gasteiger charge is -2.37. The average molecular weight is 343 g/mol. The van der Waals surface area contributed by atoms with E-state index in [1.807, 2.05) is 0 Å². The van der Waals surface area contributed by atoms with Crippen molar-refractivity contribution in [3.05, 3.63) is 32.8 Å². The fourth-order valence-corrected chi connectivity index (χ4v) is 2.72. The molecule has 1 atom stereocenters. The van der Waals surface area contributed by atoms with Crippen LogP contribution in [0.5, 0.6) is 0 Å². The summed E-state index contributed by atoms with van der Waals surface area (Å²) in [5.41, 5.74) is 0.672. The Labute approximate surface area is 127 Å². The monoisotopic (exact) mass is 342 g/mol. The predicted molar refractivity (Wildman–Crippen MR) is 83.2 cm³/mol. The highest BCUT2D eigenvalue weighted by Crippen LogP contribution is 2.28. The minimum atomic E-state index is -0.356. The van der Waals surface area contributed by atoms with Crippen LogP contribution in [0.25, 0.3) is 0 Å². The van der Waals surface area contributed by atoms with Crippen molar-refractivity contribution in [2.24, 2.45) is 0 Å². The number of nitro benzene ring substituents is 1. The summed E-state index contributed by atoms with van der Waals surface area (Å²) in [5, 5.41) is 14.2. The number of hydrogen-bond acceptors (Lipinski definition) is 5. The van der Waals surface area contributed by atoms with E-state index < -0.39 is 0 Å². The number of halogens is 1. The van der Waals surface area contributed by atoms with Crippen molar-refractivity contribution in [1.82, 2.24) is 9.80 Å². The van der Waals surface area contributed by atoms with Gasteiger partial charge >= 0.3 is 0 Å². The predicted octanol–water partition coefficient (Wildman–Crippen LogP) is 2.01. The maximum absolute atomic E-state index is 11.0. The number of rotatable bonds is 4. The van der Waals surface area contributed by atoms with Crippen LogP contribution in [0.3, 0.4) is 0 Å². The third-order valence-electron chi connectivity index (χ3n) is 3.66. The van der Waals surface area contributed by atoms with E-state index in [-0.39, 0.29) is 10.6 Å². The molecule has 1 aromatic rings. The third-order valence-corrected chi connectivity index (χ3v) is 4.16. The molecule has 0 aromatic heterocycles. The SMILES string of the molecule is CN1CCN(C)C(CNc2cc(Br)ccc2[N+](=O)[O-])C1. The summed E-state index contributed by atoms with van der Waals surface area (Å²) < 4.78 is 0.833. The van der Waals surface area contributed by atoms with Crippen molar-refractivity contribution in [1.29, 1.82) is 0 Å². The van der Waals surface area contributed by atoms with Gasteiger partial charge in [-0.2, -0.15) is 0 Å².